The minimum absolute atomic E-state index is 0.197. The van der Waals surface area contributed by atoms with E-state index in [1.54, 1.807) is 0 Å². The summed E-state index contributed by atoms with van der Waals surface area (Å²) in [5, 5.41) is 0. The molecule has 1 saturated heterocycles. The van der Waals surface area contributed by atoms with Crippen molar-refractivity contribution in [3.05, 3.63) is 83.7 Å². The lowest BCUT2D eigenvalue weighted by Crippen LogP contribution is -2.35. The summed E-state index contributed by atoms with van der Waals surface area (Å²) < 4.78 is 7.92. The summed E-state index contributed by atoms with van der Waals surface area (Å²) in [6, 6.07) is 22.1. The zero-order chi connectivity index (χ0) is 27.6. The number of esters is 1. The summed E-state index contributed by atoms with van der Waals surface area (Å²) in [6.07, 6.45) is 4.50. The number of nitrogens with zero attached hydrogens (tertiary/aromatic N) is 3. The third-order valence-electron chi connectivity index (χ3n) is 7.07. The number of fused-ring (bicyclic) bond motifs is 1. The largest absolute Gasteiger partial charge is 0.456 e. The van der Waals surface area contributed by atoms with E-state index in [0.717, 1.165) is 71.5 Å². The standard InChI is InChI=1S/C33H37N3O3/c1-5-10-30-34-28-19-18-25(35-20-9-8-13-31(35)37)21-29(28)36(30)22-23-14-16-24(17-15-23)26-11-6-7-12-27(26)32(38)39-33(2,3)4/h6-7,11-12,14-19,21H,5,8-10,13,20,22H2,1-4H3. The van der Waals surface area contributed by atoms with Crippen LogP contribution in [0.5, 0.6) is 0 Å². The zero-order valence-electron chi connectivity index (χ0n) is 23.4. The number of benzene rings is 3. The van der Waals surface area contributed by atoms with Gasteiger partial charge in [-0.2, -0.15) is 0 Å². The molecule has 2 heterocycles. The third kappa shape index (κ3) is 5.90. The molecule has 0 spiro atoms. The van der Waals surface area contributed by atoms with E-state index in [1.807, 2.05) is 62.1 Å². The van der Waals surface area contributed by atoms with Gasteiger partial charge in [0.1, 0.15) is 11.4 Å². The Morgan fingerprint density at radius 2 is 1.77 bits per heavy atom. The Hall–Kier alpha value is -3.93. The van der Waals surface area contributed by atoms with Gasteiger partial charge in [-0.05, 0) is 81.0 Å². The van der Waals surface area contributed by atoms with Gasteiger partial charge in [0.15, 0.2) is 0 Å². The second-order valence-electron chi connectivity index (χ2n) is 11.3. The molecule has 1 fully saturated rings. The Labute approximate surface area is 230 Å². The molecule has 0 radical (unpaired) electrons. The van der Waals surface area contributed by atoms with Crippen LogP contribution in [0.3, 0.4) is 0 Å². The minimum Gasteiger partial charge on any atom is -0.456 e. The van der Waals surface area contributed by atoms with Crippen LogP contribution >= 0.6 is 0 Å². The predicted octanol–water partition coefficient (Wildman–Crippen LogP) is 7.18. The summed E-state index contributed by atoms with van der Waals surface area (Å²) in [6.45, 7) is 9.25. The number of piperidine rings is 1. The number of aromatic nitrogens is 2. The normalized spacial score (nSPS) is 14.2. The van der Waals surface area contributed by atoms with Crippen molar-refractivity contribution >= 4 is 28.6 Å². The number of hydrogen-bond acceptors (Lipinski definition) is 4. The molecule has 202 valence electrons. The van der Waals surface area contributed by atoms with Gasteiger partial charge in [0.25, 0.3) is 0 Å². The molecular formula is C33H37N3O3. The molecule has 6 nitrogen and oxygen atoms in total. The first-order chi connectivity index (χ1) is 18.7. The average molecular weight is 524 g/mol. The maximum Gasteiger partial charge on any atom is 0.339 e. The molecule has 3 aromatic carbocycles. The Kier molecular flexibility index (Phi) is 7.56. The van der Waals surface area contributed by atoms with Crippen LogP contribution < -0.4 is 4.90 Å². The van der Waals surface area contributed by atoms with Crippen LogP contribution in [0.2, 0.25) is 0 Å². The molecule has 4 aromatic rings. The lowest BCUT2D eigenvalue weighted by molar-refractivity contribution is -0.119. The number of amides is 1. The second-order valence-corrected chi connectivity index (χ2v) is 11.3. The molecule has 0 saturated carbocycles. The Balaban J connectivity index is 1.45. The summed E-state index contributed by atoms with van der Waals surface area (Å²) >= 11 is 0. The van der Waals surface area contributed by atoms with Crippen LogP contribution in [0.15, 0.2) is 66.7 Å². The van der Waals surface area contributed by atoms with Gasteiger partial charge in [0.2, 0.25) is 5.91 Å². The summed E-state index contributed by atoms with van der Waals surface area (Å²) in [7, 11) is 0. The molecule has 5 rings (SSSR count). The van der Waals surface area contributed by atoms with Gasteiger partial charge in [-0.15, -0.1) is 0 Å². The highest BCUT2D eigenvalue weighted by Gasteiger charge is 2.22. The quantitative estimate of drug-likeness (QED) is 0.241. The van der Waals surface area contributed by atoms with E-state index >= 15 is 0 Å². The van der Waals surface area contributed by atoms with Crippen molar-refractivity contribution in [1.29, 1.82) is 0 Å². The van der Waals surface area contributed by atoms with Crippen molar-refractivity contribution in [1.82, 2.24) is 9.55 Å². The lowest BCUT2D eigenvalue weighted by Gasteiger charge is -2.26. The van der Waals surface area contributed by atoms with E-state index in [0.29, 0.717) is 18.5 Å². The molecule has 0 aliphatic carbocycles. The van der Waals surface area contributed by atoms with Gasteiger partial charge in [0, 0.05) is 31.6 Å². The molecule has 1 aliphatic heterocycles. The molecule has 1 aromatic heterocycles. The third-order valence-corrected chi connectivity index (χ3v) is 7.07. The number of carbonyl (C=O) groups is 2. The highest BCUT2D eigenvalue weighted by Crippen LogP contribution is 2.29. The van der Waals surface area contributed by atoms with Gasteiger partial charge < -0.3 is 14.2 Å². The number of anilines is 1. The van der Waals surface area contributed by atoms with Crippen molar-refractivity contribution < 1.29 is 14.3 Å². The van der Waals surface area contributed by atoms with Crippen molar-refractivity contribution in [2.24, 2.45) is 0 Å². The maximum atomic E-state index is 12.9. The highest BCUT2D eigenvalue weighted by molar-refractivity contribution is 5.98. The van der Waals surface area contributed by atoms with Crippen LogP contribution in [-0.4, -0.2) is 33.6 Å². The van der Waals surface area contributed by atoms with Crippen LogP contribution in [-0.2, 0) is 22.5 Å². The fourth-order valence-electron chi connectivity index (χ4n) is 5.22. The number of aryl methyl sites for hydroxylation is 1. The van der Waals surface area contributed by atoms with Gasteiger partial charge in [-0.25, -0.2) is 9.78 Å². The molecule has 39 heavy (non-hydrogen) atoms. The Morgan fingerprint density at radius 3 is 2.49 bits per heavy atom. The topological polar surface area (TPSA) is 64.4 Å². The molecule has 0 bridgehead atoms. The molecule has 0 unspecified atom stereocenters. The molecule has 0 N–H and O–H groups in total. The Bertz CT molecular complexity index is 1500. The van der Waals surface area contributed by atoms with Crippen LogP contribution in [0.4, 0.5) is 5.69 Å². The molecule has 1 amide bonds. The summed E-state index contributed by atoms with van der Waals surface area (Å²) in [4.78, 5) is 32.3. The number of carbonyl (C=O) groups excluding carboxylic acids is 2. The first kappa shape index (κ1) is 26.7. The molecule has 6 heteroatoms. The molecular weight excluding hydrogens is 486 g/mol. The average Bonchev–Trinajstić information content (AvgIpc) is 3.24. The fraction of sp³-hybridized carbons (Fsp3) is 0.364. The van der Waals surface area contributed by atoms with Gasteiger partial charge >= 0.3 is 5.97 Å². The van der Waals surface area contributed by atoms with E-state index in [-0.39, 0.29) is 11.9 Å². The van der Waals surface area contributed by atoms with Crippen LogP contribution in [0, 0.1) is 0 Å². The van der Waals surface area contributed by atoms with E-state index in [9.17, 15) is 9.59 Å². The summed E-state index contributed by atoms with van der Waals surface area (Å²) in [5.74, 6) is 0.927. The van der Waals surface area contributed by atoms with Crippen LogP contribution in [0.1, 0.15) is 75.1 Å². The number of hydrogen-bond donors (Lipinski definition) is 0. The number of rotatable bonds is 7. The summed E-state index contributed by atoms with van der Waals surface area (Å²) in [5.41, 5.74) is 5.92. The molecule has 0 atom stereocenters. The lowest BCUT2D eigenvalue weighted by atomic mass is 9.98. The Morgan fingerprint density at radius 1 is 1.00 bits per heavy atom. The SMILES string of the molecule is CCCc1nc2ccc(N3CCCCC3=O)cc2n1Cc1ccc(-c2ccccc2C(=O)OC(C)(C)C)cc1. The van der Waals surface area contributed by atoms with Gasteiger partial charge in [-0.1, -0.05) is 49.4 Å². The fourth-order valence-corrected chi connectivity index (χ4v) is 5.22. The first-order valence-electron chi connectivity index (χ1n) is 13.9. The van der Waals surface area contributed by atoms with E-state index in [1.165, 1.54) is 0 Å². The van der Waals surface area contributed by atoms with Crippen molar-refractivity contribution in [3.63, 3.8) is 0 Å². The van der Waals surface area contributed by atoms with Crippen molar-refractivity contribution in [2.45, 2.75) is 71.9 Å². The van der Waals surface area contributed by atoms with E-state index in [2.05, 4.69) is 41.8 Å². The number of imidazole rings is 1. The zero-order valence-corrected chi connectivity index (χ0v) is 23.4. The minimum atomic E-state index is -0.557. The van der Waals surface area contributed by atoms with E-state index in [4.69, 9.17) is 9.72 Å². The highest BCUT2D eigenvalue weighted by atomic mass is 16.6. The monoisotopic (exact) mass is 523 g/mol. The number of ether oxygens (including phenoxy) is 1. The first-order valence-corrected chi connectivity index (χ1v) is 13.9. The van der Waals surface area contributed by atoms with Crippen LogP contribution in [0.25, 0.3) is 22.2 Å². The smallest absolute Gasteiger partial charge is 0.339 e. The maximum absolute atomic E-state index is 12.9. The van der Waals surface area contributed by atoms with Crippen molar-refractivity contribution in [2.75, 3.05) is 11.4 Å². The molecule has 1 aliphatic rings. The van der Waals surface area contributed by atoms with Crippen molar-refractivity contribution in [3.8, 4) is 11.1 Å². The second kappa shape index (κ2) is 11.0. The van der Waals surface area contributed by atoms with Gasteiger partial charge in [0.05, 0.1) is 16.6 Å². The predicted molar refractivity (Wildman–Crippen MR) is 156 cm³/mol. The van der Waals surface area contributed by atoms with E-state index < -0.39 is 5.60 Å². The van der Waals surface area contributed by atoms with Gasteiger partial charge in [-0.3, -0.25) is 4.79 Å².